The van der Waals surface area contributed by atoms with Crippen molar-refractivity contribution < 1.29 is 4.79 Å². The van der Waals surface area contributed by atoms with Crippen LogP contribution >= 0.6 is 11.6 Å². The lowest BCUT2D eigenvalue weighted by molar-refractivity contribution is 0.218. The van der Waals surface area contributed by atoms with Crippen LogP contribution < -0.4 is 16.2 Å². The summed E-state index contributed by atoms with van der Waals surface area (Å²) in [4.78, 5) is 24.6. The smallest absolute Gasteiger partial charge is 0.316 e. The summed E-state index contributed by atoms with van der Waals surface area (Å²) in [6, 6.07) is -0.172. The highest BCUT2D eigenvalue weighted by atomic mass is 35.5. The zero-order valence-corrected chi connectivity index (χ0v) is 12.7. The second-order valence-corrected chi connectivity index (χ2v) is 4.83. The van der Waals surface area contributed by atoms with E-state index in [1.165, 1.54) is 15.8 Å². The molecule has 0 unspecified atom stereocenters. The number of carbonyl (C=O) groups excluding carboxylic acids is 1. The molecule has 1 aromatic heterocycles. The van der Waals surface area contributed by atoms with E-state index in [9.17, 15) is 9.59 Å². The molecule has 112 valence electrons. The van der Waals surface area contributed by atoms with Crippen molar-refractivity contribution in [2.24, 2.45) is 0 Å². The summed E-state index contributed by atoms with van der Waals surface area (Å²) in [5.41, 5.74) is 0.166. The first-order valence-electron chi connectivity index (χ1n) is 6.42. The van der Waals surface area contributed by atoms with Crippen molar-refractivity contribution >= 4 is 23.3 Å². The van der Waals surface area contributed by atoms with Crippen molar-refractivity contribution in [1.29, 1.82) is 0 Å². The number of aromatic nitrogens is 2. The van der Waals surface area contributed by atoms with Crippen molar-refractivity contribution in [2.75, 3.05) is 32.5 Å². The highest BCUT2D eigenvalue weighted by molar-refractivity contribution is 6.32. The van der Waals surface area contributed by atoms with Crippen LogP contribution in [0.15, 0.2) is 11.0 Å². The van der Waals surface area contributed by atoms with Crippen molar-refractivity contribution in [3.63, 3.8) is 0 Å². The first-order valence-corrected chi connectivity index (χ1v) is 6.79. The van der Waals surface area contributed by atoms with Gasteiger partial charge in [0.25, 0.3) is 5.56 Å². The summed E-state index contributed by atoms with van der Waals surface area (Å²) in [7, 11) is 3.33. The number of amides is 2. The van der Waals surface area contributed by atoms with Gasteiger partial charge >= 0.3 is 6.03 Å². The maximum absolute atomic E-state index is 11.9. The molecule has 0 aliphatic carbocycles. The summed E-state index contributed by atoms with van der Waals surface area (Å²) in [6.45, 7) is 3.38. The number of aryl methyl sites for hydroxylation is 1. The highest BCUT2D eigenvalue weighted by Gasteiger charge is 2.08. The Morgan fingerprint density at radius 2 is 2.15 bits per heavy atom. The van der Waals surface area contributed by atoms with Gasteiger partial charge < -0.3 is 15.5 Å². The molecule has 1 rings (SSSR count). The molecule has 1 heterocycles. The van der Waals surface area contributed by atoms with Gasteiger partial charge in [0.15, 0.2) is 0 Å². The molecule has 0 saturated heterocycles. The lowest BCUT2D eigenvalue weighted by Crippen LogP contribution is -2.37. The van der Waals surface area contributed by atoms with E-state index in [1.807, 2.05) is 6.92 Å². The van der Waals surface area contributed by atoms with E-state index in [1.54, 1.807) is 14.1 Å². The Kier molecular flexibility index (Phi) is 6.30. The molecule has 7 nitrogen and oxygen atoms in total. The fourth-order valence-electron chi connectivity index (χ4n) is 1.48. The molecule has 0 aliphatic heterocycles. The van der Waals surface area contributed by atoms with Crippen LogP contribution in [-0.2, 0) is 6.54 Å². The van der Waals surface area contributed by atoms with Gasteiger partial charge in [0.2, 0.25) is 0 Å². The highest BCUT2D eigenvalue weighted by Crippen LogP contribution is 2.14. The van der Waals surface area contributed by atoms with E-state index in [4.69, 9.17) is 11.6 Å². The lowest BCUT2D eigenvalue weighted by Gasteiger charge is -2.13. The van der Waals surface area contributed by atoms with Crippen LogP contribution in [0, 0.1) is 0 Å². The number of hydrogen-bond acceptors (Lipinski definition) is 4. The van der Waals surface area contributed by atoms with Crippen LogP contribution in [0.4, 0.5) is 10.5 Å². The maximum Gasteiger partial charge on any atom is 0.316 e. The summed E-state index contributed by atoms with van der Waals surface area (Å²) in [6.07, 6.45) is 2.33. The Hall–Kier alpha value is -1.76. The molecule has 0 saturated carbocycles. The summed E-state index contributed by atoms with van der Waals surface area (Å²) in [5.74, 6) is 0. The van der Waals surface area contributed by atoms with Gasteiger partial charge in [-0.1, -0.05) is 18.5 Å². The number of nitrogens with one attached hydrogen (secondary N) is 2. The summed E-state index contributed by atoms with van der Waals surface area (Å²) >= 11 is 5.99. The van der Waals surface area contributed by atoms with E-state index in [2.05, 4.69) is 15.7 Å². The largest absolute Gasteiger partial charge is 0.381 e. The Balaban J connectivity index is 2.55. The molecule has 0 fully saturated rings. The molecule has 0 radical (unpaired) electrons. The standard InChI is InChI=1S/C12H20ClN5O2/c1-4-7-18-11(19)10(13)9(8-16-18)14-5-6-15-12(20)17(2)3/h8,14H,4-7H2,1-3H3,(H,15,20). The van der Waals surface area contributed by atoms with E-state index in [-0.39, 0.29) is 16.6 Å². The predicted molar refractivity (Wildman–Crippen MR) is 79.4 cm³/mol. The van der Waals surface area contributed by atoms with E-state index in [0.717, 1.165) is 6.42 Å². The van der Waals surface area contributed by atoms with Crippen LogP contribution in [0.3, 0.4) is 0 Å². The van der Waals surface area contributed by atoms with Gasteiger partial charge in [-0.3, -0.25) is 4.79 Å². The third kappa shape index (κ3) is 4.41. The molecule has 0 spiro atoms. The molecule has 20 heavy (non-hydrogen) atoms. The second kappa shape index (κ2) is 7.74. The number of rotatable bonds is 6. The van der Waals surface area contributed by atoms with Crippen molar-refractivity contribution in [1.82, 2.24) is 20.0 Å². The Morgan fingerprint density at radius 1 is 1.45 bits per heavy atom. The number of nitrogens with zero attached hydrogens (tertiary/aromatic N) is 3. The van der Waals surface area contributed by atoms with Gasteiger partial charge in [0.1, 0.15) is 5.02 Å². The van der Waals surface area contributed by atoms with Gasteiger partial charge in [-0.05, 0) is 6.42 Å². The average Bonchev–Trinajstić information content (AvgIpc) is 2.41. The normalized spacial score (nSPS) is 10.2. The van der Waals surface area contributed by atoms with Gasteiger partial charge in [-0.25, -0.2) is 9.48 Å². The van der Waals surface area contributed by atoms with Crippen LogP contribution in [0.2, 0.25) is 5.02 Å². The Labute approximate surface area is 122 Å². The number of hydrogen-bond donors (Lipinski definition) is 2. The predicted octanol–water partition coefficient (Wildman–Crippen LogP) is 0.990. The zero-order valence-electron chi connectivity index (χ0n) is 11.9. The molecular weight excluding hydrogens is 282 g/mol. The van der Waals surface area contributed by atoms with Crippen LogP contribution in [-0.4, -0.2) is 47.9 Å². The molecule has 0 aliphatic rings. The molecule has 0 bridgehead atoms. The van der Waals surface area contributed by atoms with Gasteiger partial charge in [-0.2, -0.15) is 5.10 Å². The third-order valence-electron chi connectivity index (χ3n) is 2.54. The van der Waals surface area contributed by atoms with E-state index >= 15 is 0 Å². The molecule has 0 atom stereocenters. The number of carbonyl (C=O) groups is 1. The summed E-state index contributed by atoms with van der Waals surface area (Å²) < 4.78 is 1.33. The van der Waals surface area contributed by atoms with Crippen LogP contribution in [0.1, 0.15) is 13.3 Å². The molecule has 1 aromatic rings. The first kappa shape index (κ1) is 16.3. The Bertz CT molecular complexity index is 515. The average molecular weight is 302 g/mol. The molecule has 0 aromatic carbocycles. The second-order valence-electron chi connectivity index (χ2n) is 4.45. The molecular formula is C12H20ClN5O2. The third-order valence-corrected chi connectivity index (χ3v) is 2.91. The van der Waals surface area contributed by atoms with Crippen LogP contribution in [0.5, 0.6) is 0 Å². The molecule has 8 heteroatoms. The Morgan fingerprint density at radius 3 is 2.75 bits per heavy atom. The van der Waals surface area contributed by atoms with E-state index in [0.29, 0.717) is 25.3 Å². The molecule has 2 amide bonds. The maximum atomic E-state index is 11.9. The number of halogens is 1. The van der Waals surface area contributed by atoms with Gasteiger partial charge in [0.05, 0.1) is 11.9 Å². The SMILES string of the molecule is CCCn1ncc(NCCNC(=O)N(C)C)c(Cl)c1=O. The fourth-order valence-corrected chi connectivity index (χ4v) is 1.70. The van der Waals surface area contributed by atoms with Gasteiger partial charge in [0, 0.05) is 33.7 Å². The minimum absolute atomic E-state index is 0.118. The van der Waals surface area contributed by atoms with Crippen LogP contribution in [0.25, 0.3) is 0 Å². The minimum Gasteiger partial charge on any atom is -0.381 e. The van der Waals surface area contributed by atoms with Gasteiger partial charge in [-0.15, -0.1) is 0 Å². The first-order chi connectivity index (χ1) is 9.47. The molecule has 2 N–H and O–H groups in total. The van der Waals surface area contributed by atoms with Crippen molar-refractivity contribution in [3.05, 3.63) is 21.6 Å². The van der Waals surface area contributed by atoms with E-state index < -0.39 is 0 Å². The summed E-state index contributed by atoms with van der Waals surface area (Å²) in [5, 5.41) is 9.82. The number of anilines is 1. The minimum atomic E-state index is -0.309. The monoisotopic (exact) mass is 301 g/mol. The van der Waals surface area contributed by atoms with Crippen molar-refractivity contribution in [2.45, 2.75) is 19.9 Å². The zero-order chi connectivity index (χ0) is 15.1. The lowest BCUT2D eigenvalue weighted by atomic mass is 10.4. The fraction of sp³-hybridized carbons (Fsp3) is 0.583. The topological polar surface area (TPSA) is 79.3 Å². The van der Waals surface area contributed by atoms with Crippen molar-refractivity contribution in [3.8, 4) is 0 Å². The quantitative estimate of drug-likeness (QED) is 0.768. The number of urea groups is 1.